The highest BCUT2D eigenvalue weighted by Crippen LogP contribution is 2.43. The number of hydrogen-bond donors (Lipinski definition) is 2. The smallest absolute Gasteiger partial charge is 0.300 e. The average Bonchev–Trinajstić information content (AvgIpc) is 3.08. The first-order valence-electron chi connectivity index (χ1n) is 11.6. The fourth-order valence-corrected chi connectivity index (χ4v) is 4.31. The van der Waals surface area contributed by atoms with Gasteiger partial charge in [-0.15, -0.1) is 0 Å². The third-order valence-electron chi connectivity index (χ3n) is 5.83. The van der Waals surface area contributed by atoms with Crippen molar-refractivity contribution < 1.29 is 24.5 Å². The van der Waals surface area contributed by atoms with Crippen LogP contribution in [0.2, 0.25) is 0 Å². The van der Waals surface area contributed by atoms with Crippen LogP contribution in [0.4, 0.5) is 5.69 Å². The predicted molar refractivity (Wildman–Crippen MR) is 136 cm³/mol. The third kappa shape index (κ3) is 4.92. The van der Waals surface area contributed by atoms with Crippen LogP contribution in [-0.2, 0) is 9.59 Å². The first kappa shape index (κ1) is 24.1. The van der Waals surface area contributed by atoms with Crippen molar-refractivity contribution in [2.24, 2.45) is 5.92 Å². The second-order valence-electron chi connectivity index (χ2n) is 9.34. The standard InChI is InChI=1S/C29H29NO5/c1-17(2)16-35-24-7-5-6-21(15-24)27(32)25-26(20-8-10-23(31)11-9-20)30(29(34)28(25)33)22-13-18(3)12-19(4)14-22/h5-15,17,26,31-32H,16H2,1-4H3/b27-25+. The maximum Gasteiger partial charge on any atom is 0.300 e. The number of Topliss-reactive ketones (excluding diaryl/α,β-unsaturated/α-hetero) is 1. The van der Waals surface area contributed by atoms with E-state index < -0.39 is 17.7 Å². The number of phenols is 1. The monoisotopic (exact) mass is 471 g/mol. The summed E-state index contributed by atoms with van der Waals surface area (Å²) in [4.78, 5) is 28.1. The van der Waals surface area contributed by atoms with E-state index >= 15 is 0 Å². The van der Waals surface area contributed by atoms with Crippen molar-refractivity contribution in [2.75, 3.05) is 11.5 Å². The van der Waals surface area contributed by atoms with Crippen LogP contribution >= 0.6 is 0 Å². The number of carbonyl (C=O) groups is 2. The molecule has 1 aliphatic heterocycles. The van der Waals surface area contributed by atoms with Gasteiger partial charge in [0.05, 0.1) is 18.2 Å². The lowest BCUT2D eigenvalue weighted by molar-refractivity contribution is -0.132. The zero-order valence-electron chi connectivity index (χ0n) is 20.3. The molecule has 1 heterocycles. The molecule has 1 atom stereocenters. The van der Waals surface area contributed by atoms with E-state index in [9.17, 15) is 19.8 Å². The van der Waals surface area contributed by atoms with E-state index in [1.165, 1.54) is 17.0 Å². The van der Waals surface area contributed by atoms with Gasteiger partial charge in [-0.1, -0.05) is 44.2 Å². The minimum atomic E-state index is -0.864. The van der Waals surface area contributed by atoms with E-state index in [0.29, 0.717) is 35.1 Å². The summed E-state index contributed by atoms with van der Waals surface area (Å²) in [7, 11) is 0. The molecule has 1 saturated heterocycles. The highest BCUT2D eigenvalue weighted by molar-refractivity contribution is 6.51. The number of aromatic hydroxyl groups is 1. The first-order chi connectivity index (χ1) is 16.7. The molecule has 1 unspecified atom stereocenters. The van der Waals surface area contributed by atoms with Crippen molar-refractivity contribution in [3.8, 4) is 11.5 Å². The van der Waals surface area contributed by atoms with Crippen LogP contribution in [0.3, 0.4) is 0 Å². The van der Waals surface area contributed by atoms with E-state index in [1.807, 2.05) is 45.9 Å². The summed E-state index contributed by atoms with van der Waals surface area (Å²) in [5, 5.41) is 21.2. The number of carbonyl (C=O) groups excluding carboxylic acids is 2. The third-order valence-corrected chi connectivity index (χ3v) is 5.83. The van der Waals surface area contributed by atoms with Crippen molar-refractivity contribution in [1.29, 1.82) is 0 Å². The Bertz CT molecular complexity index is 1290. The number of benzene rings is 3. The summed E-state index contributed by atoms with van der Waals surface area (Å²) in [6.07, 6.45) is 0. The summed E-state index contributed by atoms with van der Waals surface area (Å²) in [6.45, 7) is 8.43. The molecule has 2 N–H and O–H groups in total. The van der Waals surface area contributed by atoms with E-state index in [2.05, 4.69) is 0 Å². The van der Waals surface area contributed by atoms with Gasteiger partial charge in [0, 0.05) is 11.3 Å². The highest BCUT2D eigenvalue weighted by atomic mass is 16.5. The van der Waals surface area contributed by atoms with Crippen molar-refractivity contribution in [1.82, 2.24) is 0 Å². The van der Waals surface area contributed by atoms with Gasteiger partial charge in [-0.2, -0.15) is 0 Å². The minimum absolute atomic E-state index is 0.0131. The Morgan fingerprint density at radius 3 is 2.26 bits per heavy atom. The number of phenolic OH excluding ortho intramolecular Hbond substituents is 1. The lowest BCUT2D eigenvalue weighted by Gasteiger charge is -2.26. The van der Waals surface area contributed by atoms with Gasteiger partial charge >= 0.3 is 0 Å². The number of aliphatic hydroxyl groups is 1. The van der Waals surface area contributed by atoms with Crippen molar-refractivity contribution in [3.05, 3.63) is 94.6 Å². The maximum absolute atomic E-state index is 13.3. The number of nitrogens with zero attached hydrogens (tertiary/aromatic N) is 1. The van der Waals surface area contributed by atoms with Crippen LogP contribution in [0.15, 0.2) is 72.3 Å². The lowest BCUT2D eigenvalue weighted by atomic mass is 9.95. The molecule has 6 heteroatoms. The van der Waals surface area contributed by atoms with Gasteiger partial charge in [-0.25, -0.2) is 0 Å². The molecule has 3 aromatic rings. The SMILES string of the molecule is Cc1cc(C)cc(N2C(=O)C(=O)/C(=C(/O)c3cccc(OCC(C)C)c3)C2c2ccc(O)cc2)c1. The van der Waals surface area contributed by atoms with E-state index in [1.54, 1.807) is 36.4 Å². The number of ether oxygens (including phenoxy) is 1. The number of amides is 1. The van der Waals surface area contributed by atoms with Crippen molar-refractivity contribution in [3.63, 3.8) is 0 Å². The molecular weight excluding hydrogens is 442 g/mol. The largest absolute Gasteiger partial charge is 0.508 e. The number of aliphatic hydroxyl groups excluding tert-OH is 1. The molecule has 4 rings (SSSR count). The lowest BCUT2D eigenvalue weighted by Crippen LogP contribution is -2.29. The topological polar surface area (TPSA) is 87.1 Å². The quantitative estimate of drug-likeness (QED) is 0.275. The molecule has 0 radical (unpaired) electrons. The Morgan fingerprint density at radius 1 is 0.971 bits per heavy atom. The second kappa shape index (κ2) is 9.66. The van der Waals surface area contributed by atoms with Crippen LogP contribution in [0.25, 0.3) is 5.76 Å². The van der Waals surface area contributed by atoms with E-state index in [-0.39, 0.29) is 17.1 Å². The Kier molecular flexibility index (Phi) is 6.65. The van der Waals surface area contributed by atoms with Gasteiger partial charge in [-0.05, 0) is 72.9 Å². The van der Waals surface area contributed by atoms with Crippen LogP contribution < -0.4 is 9.64 Å². The predicted octanol–water partition coefficient (Wildman–Crippen LogP) is 5.67. The molecule has 0 aromatic heterocycles. The summed E-state index contributed by atoms with van der Waals surface area (Å²) in [5.41, 5.74) is 3.42. The van der Waals surface area contributed by atoms with Crippen LogP contribution in [0.5, 0.6) is 11.5 Å². The van der Waals surface area contributed by atoms with Crippen LogP contribution in [-0.4, -0.2) is 28.5 Å². The zero-order valence-corrected chi connectivity index (χ0v) is 20.3. The van der Waals surface area contributed by atoms with E-state index in [0.717, 1.165) is 11.1 Å². The zero-order chi connectivity index (χ0) is 25.3. The number of ketones is 1. The van der Waals surface area contributed by atoms with Gasteiger partial charge in [-0.3, -0.25) is 14.5 Å². The molecule has 0 bridgehead atoms. The number of rotatable bonds is 6. The number of anilines is 1. The van der Waals surface area contributed by atoms with E-state index in [4.69, 9.17) is 4.74 Å². The molecule has 0 aliphatic carbocycles. The fraction of sp³-hybridized carbons (Fsp3) is 0.241. The molecule has 180 valence electrons. The molecule has 35 heavy (non-hydrogen) atoms. The minimum Gasteiger partial charge on any atom is -0.508 e. The van der Waals surface area contributed by atoms with Crippen molar-refractivity contribution >= 4 is 23.1 Å². The van der Waals surface area contributed by atoms with Crippen LogP contribution in [0, 0.1) is 19.8 Å². The molecule has 6 nitrogen and oxygen atoms in total. The maximum atomic E-state index is 13.3. The molecular formula is C29H29NO5. The number of aryl methyl sites for hydroxylation is 2. The summed E-state index contributed by atoms with van der Waals surface area (Å²) >= 11 is 0. The molecule has 1 aliphatic rings. The summed E-state index contributed by atoms with van der Waals surface area (Å²) < 4.78 is 5.79. The Morgan fingerprint density at radius 2 is 1.63 bits per heavy atom. The summed E-state index contributed by atoms with van der Waals surface area (Å²) in [6, 6.07) is 18.0. The van der Waals surface area contributed by atoms with Gasteiger partial charge in [0.25, 0.3) is 11.7 Å². The molecule has 0 saturated carbocycles. The Hall–Kier alpha value is -4.06. The molecule has 0 spiro atoms. The van der Waals surface area contributed by atoms with Crippen LogP contribution in [0.1, 0.15) is 42.1 Å². The molecule has 3 aromatic carbocycles. The molecule has 1 amide bonds. The fourth-order valence-electron chi connectivity index (χ4n) is 4.31. The highest BCUT2D eigenvalue weighted by Gasteiger charge is 2.47. The van der Waals surface area contributed by atoms with Gasteiger partial charge in [0.2, 0.25) is 0 Å². The molecule has 1 fully saturated rings. The summed E-state index contributed by atoms with van der Waals surface area (Å²) in [5.74, 6) is -0.817. The number of hydrogen-bond acceptors (Lipinski definition) is 5. The van der Waals surface area contributed by atoms with Gasteiger partial charge in [0.1, 0.15) is 17.3 Å². The normalized spacial score (nSPS) is 17.3. The Labute approximate surface area is 205 Å². The average molecular weight is 472 g/mol. The van der Waals surface area contributed by atoms with Crippen molar-refractivity contribution in [2.45, 2.75) is 33.7 Å². The first-order valence-corrected chi connectivity index (χ1v) is 11.6. The van der Waals surface area contributed by atoms with Gasteiger partial charge < -0.3 is 14.9 Å². The second-order valence-corrected chi connectivity index (χ2v) is 9.34. The van der Waals surface area contributed by atoms with Gasteiger partial charge in [0.15, 0.2) is 0 Å². The Balaban J connectivity index is 1.88.